The maximum Gasteiger partial charge on any atom is 0.0790 e. The van der Waals surface area contributed by atoms with Gasteiger partial charge in [-0.2, -0.15) is 0 Å². The van der Waals surface area contributed by atoms with Crippen LogP contribution in [0, 0.1) is 5.92 Å². The maximum absolute atomic E-state index is 9.68. The zero-order valence-corrected chi connectivity index (χ0v) is 14.5. The van der Waals surface area contributed by atoms with Crippen LogP contribution in [0.3, 0.4) is 0 Å². The van der Waals surface area contributed by atoms with E-state index in [4.69, 9.17) is 4.74 Å². The Morgan fingerprint density at radius 2 is 1.76 bits per heavy atom. The van der Waals surface area contributed by atoms with Gasteiger partial charge in [-0.1, -0.05) is 6.92 Å². The van der Waals surface area contributed by atoms with Gasteiger partial charge in [0.2, 0.25) is 0 Å². The van der Waals surface area contributed by atoms with E-state index < -0.39 is 0 Å². The van der Waals surface area contributed by atoms with Crippen molar-refractivity contribution < 1.29 is 9.84 Å². The Balaban J connectivity index is 2.05. The number of ether oxygens (including phenoxy) is 1. The average Bonchev–Trinajstić information content (AvgIpc) is 2.55. The summed E-state index contributed by atoms with van der Waals surface area (Å²) in [5.41, 5.74) is -0.233. The van der Waals surface area contributed by atoms with Gasteiger partial charge in [0.1, 0.15) is 0 Å². The fraction of sp³-hybridized carbons (Fsp3) is 1.00. The Bertz CT molecular complexity index is 336. The van der Waals surface area contributed by atoms with Crippen LogP contribution in [0.15, 0.2) is 0 Å². The van der Waals surface area contributed by atoms with Crippen molar-refractivity contribution in [2.45, 2.75) is 77.2 Å². The monoisotopic (exact) mass is 298 g/mol. The molecule has 0 saturated carbocycles. The molecule has 4 heteroatoms. The highest BCUT2D eigenvalue weighted by Gasteiger charge is 2.53. The van der Waals surface area contributed by atoms with Crippen LogP contribution in [0.5, 0.6) is 0 Å². The quantitative estimate of drug-likeness (QED) is 0.815. The molecule has 0 spiro atoms. The molecule has 0 aromatic rings. The molecule has 124 valence electrons. The molecule has 0 aliphatic carbocycles. The van der Waals surface area contributed by atoms with E-state index in [2.05, 4.69) is 44.8 Å². The van der Waals surface area contributed by atoms with Gasteiger partial charge in [-0.3, -0.25) is 0 Å². The lowest BCUT2D eigenvalue weighted by Crippen LogP contribution is -2.52. The van der Waals surface area contributed by atoms with Crippen LogP contribution in [0.25, 0.3) is 0 Å². The topological polar surface area (TPSA) is 44.7 Å². The fourth-order valence-electron chi connectivity index (χ4n) is 4.10. The highest BCUT2D eigenvalue weighted by atomic mass is 16.5. The zero-order valence-electron chi connectivity index (χ0n) is 14.5. The van der Waals surface area contributed by atoms with Gasteiger partial charge in [-0.25, -0.2) is 0 Å². The van der Waals surface area contributed by atoms with E-state index in [1.54, 1.807) is 0 Å². The Morgan fingerprint density at radius 1 is 1.14 bits per heavy atom. The first kappa shape index (κ1) is 17.2. The summed E-state index contributed by atoms with van der Waals surface area (Å²) in [7, 11) is 0. The summed E-state index contributed by atoms with van der Waals surface area (Å²) in [5, 5.41) is 13.4. The number of nitrogens with one attached hydrogen (secondary N) is 1. The molecule has 2 N–H and O–H groups in total. The van der Waals surface area contributed by atoms with Gasteiger partial charge >= 0.3 is 0 Å². The highest BCUT2D eigenvalue weighted by Crippen LogP contribution is 2.42. The number of aliphatic hydroxyl groups excluding tert-OH is 1. The van der Waals surface area contributed by atoms with Gasteiger partial charge in [0, 0.05) is 31.6 Å². The normalized spacial score (nSPS) is 33.4. The minimum absolute atomic E-state index is 0.0976. The number of likely N-dealkylation sites (tertiary alicyclic amines) is 1. The Hall–Kier alpha value is -0.160. The molecule has 2 aliphatic heterocycles. The number of piperidine rings is 1. The van der Waals surface area contributed by atoms with Gasteiger partial charge in [-0.15, -0.1) is 0 Å². The van der Waals surface area contributed by atoms with Crippen molar-refractivity contribution in [3.8, 4) is 0 Å². The molecule has 0 bridgehead atoms. The van der Waals surface area contributed by atoms with Crippen molar-refractivity contribution in [1.29, 1.82) is 0 Å². The summed E-state index contributed by atoms with van der Waals surface area (Å²) in [4.78, 5) is 2.50. The summed E-state index contributed by atoms with van der Waals surface area (Å²) in [6.07, 6.45) is 2.87. The van der Waals surface area contributed by atoms with Crippen molar-refractivity contribution >= 4 is 0 Å². The first-order valence-electron chi connectivity index (χ1n) is 8.60. The summed E-state index contributed by atoms with van der Waals surface area (Å²) in [5.74, 6) is 0.481. The molecule has 2 fully saturated rings. The van der Waals surface area contributed by atoms with E-state index in [-0.39, 0.29) is 17.3 Å². The second kappa shape index (κ2) is 6.53. The summed E-state index contributed by atoms with van der Waals surface area (Å²) in [6, 6.07) is 0.388. The number of hydrogen-bond donors (Lipinski definition) is 2. The van der Waals surface area contributed by atoms with Crippen LogP contribution in [0.2, 0.25) is 0 Å². The molecule has 4 nitrogen and oxygen atoms in total. The van der Waals surface area contributed by atoms with Crippen LogP contribution in [-0.4, -0.2) is 59.5 Å². The number of rotatable bonds is 5. The third-order valence-electron chi connectivity index (χ3n) is 5.20. The molecule has 2 aliphatic rings. The summed E-state index contributed by atoms with van der Waals surface area (Å²) < 4.78 is 6.38. The molecule has 0 aromatic heterocycles. The zero-order chi connectivity index (χ0) is 15.7. The molecule has 2 atom stereocenters. The lowest BCUT2D eigenvalue weighted by Gasteiger charge is -2.37. The molecule has 2 rings (SSSR count). The van der Waals surface area contributed by atoms with E-state index in [1.165, 1.54) is 0 Å². The SMILES string of the molecule is CCCNC1C(CN2CCC(O)CC2)C(C)(C)OC1(C)C. The van der Waals surface area contributed by atoms with E-state index in [1.807, 2.05) is 0 Å². The van der Waals surface area contributed by atoms with Crippen LogP contribution in [0.1, 0.15) is 53.9 Å². The van der Waals surface area contributed by atoms with Gasteiger partial charge in [-0.05, 0) is 53.5 Å². The smallest absolute Gasteiger partial charge is 0.0790 e. The summed E-state index contributed by atoms with van der Waals surface area (Å²) in [6.45, 7) is 15.2. The van der Waals surface area contributed by atoms with Crippen LogP contribution in [0.4, 0.5) is 0 Å². The molecular weight excluding hydrogens is 264 g/mol. The third-order valence-corrected chi connectivity index (χ3v) is 5.20. The van der Waals surface area contributed by atoms with E-state index in [0.29, 0.717) is 12.0 Å². The second-order valence-electron chi connectivity index (χ2n) is 7.88. The van der Waals surface area contributed by atoms with Crippen LogP contribution < -0.4 is 5.32 Å². The largest absolute Gasteiger partial charge is 0.393 e. The molecule has 0 aromatic carbocycles. The van der Waals surface area contributed by atoms with Crippen LogP contribution >= 0.6 is 0 Å². The molecular formula is C17H34N2O2. The first-order valence-corrected chi connectivity index (χ1v) is 8.60. The number of hydrogen-bond acceptors (Lipinski definition) is 4. The first-order chi connectivity index (χ1) is 9.76. The number of nitrogens with zero attached hydrogens (tertiary/aromatic N) is 1. The van der Waals surface area contributed by atoms with E-state index >= 15 is 0 Å². The van der Waals surface area contributed by atoms with E-state index in [9.17, 15) is 5.11 Å². The lowest BCUT2D eigenvalue weighted by atomic mass is 9.81. The van der Waals surface area contributed by atoms with Crippen molar-refractivity contribution in [1.82, 2.24) is 10.2 Å². The standard InChI is InChI=1S/C17H34N2O2/c1-6-9-18-15-14(16(2,3)21-17(15,4)5)12-19-10-7-13(20)8-11-19/h13-15,18,20H,6-12H2,1-5H3. The molecule has 0 radical (unpaired) electrons. The maximum atomic E-state index is 9.68. The van der Waals surface area contributed by atoms with Crippen LogP contribution in [-0.2, 0) is 4.74 Å². The second-order valence-corrected chi connectivity index (χ2v) is 7.88. The average molecular weight is 298 g/mol. The highest BCUT2D eigenvalue weighted by molar-refractivity contribution is 5.06. The Kier molecular flexibility index (Phi) is 5.35. The molecule has 2 heterocycles. The van der Waals surface area contributed by atoms with Gasteiger partial charge in [0.25, 0.3) is 0 Å². The Labute approximate surface area is 130 Å². The Morgan fingerprint density at radius 3 is 2.33 bits per heavy atom. The predicted octanol–water partition coefficient (Wildman–Crippen LogP) is 2.01. The fourth-order valence-corrected chi connectivity index (χ4v) is 4.10. The lowest BCUT2D eigenvalue weighted by molar-refractivity contribution is -0.0803. The minimum atomic E-state index is -0.126. The minimum Gasteiger partial charge on any atom is -0.393 e. The third kappa shape index (κ3) is 3.98. The molecule has 0 amide bonds. The van der Waals surface area contributed by atoms with Crippen molar-refractivity contribution in [3.05, 3.63) is 0 Å². The van der Waals surface area contributed by atoms with E-state index in [0.717, 1.165) is 45.4 Å². The van der Waals surface area contributed by atoms with Gasteiger partial charge in [0.15, 0.2) is 0 Å². The molecule has 21 heavy (non-hydrogen) atoms. The van der Waals surface area contributed by atoms with Crippen molar-refractivity contribution in [3.63, 3.8) is 0 Å². The van der Waals surface area contributed by atoms with Crippen molar-refractivity contribution in [2.75, 3.05) is 26.2 Å². The molecule has 2 saturated heterocycles. The molecule has 2 unspecified atom stereocenters. The number of aliphatic hydroxyl groups is 1. The summed E-state index contributed by atoms with van der Waals surface area (Å²) >= 11 is 0. The van der Waals surface area contributed by atoms with Gasteiger partial charge in [0.05, 0.1) is 17.3 Å². The van der Waals surface area contributed by atoms with Gasteiger partial charge < -0.3 is 20.1 Å². The van der Waals surface area contributed by atoms with Crippen molar-refractivity contribution in [2.24, 2.45) is 5.92 Å². The predicted molar refractivity (Wildman–Crippen MR) is 86.5 cm³/mol.